The molecular weight excluding hydrogens is 311 g/mol. The minimum absolute atomic E-state index is 0.117. The molecule has 6 heteroatoms. The van der Waals surface area contributed by atoms with Gasteiger partial charge in [0.05, 0.1) is 11.7 Å². The van der Waals surface area contributed by atoms with E-state index in [0.29, 0.717) is 16.5 Å². The zero-order valence-corrected chi connectivity index (χ0v) is 10.9. The summed E-state index contributed by atoms with van der Waals surface area (Å²) in [6.07, 6.45) is 0. The Morgan fingerprint density at radius 1 is 1.11 bits per heavy atom. The predicted molar refractivity (Wildman–Crippen MR) is 64.8 cm³/mol. The van der Waals surface area contributed by atoms with Crippen LogP contribution in [0.2, 0.25) is 0 Å². The number of rotatable bonds is 3. The normalized spacial score (nSPS) is 12.5. The Balaban J connectivity index is 2.21. The summed E-state index contributed by atoms with van der Waals surface area (Å²) in [5, 5.41) is 2.71. The first-order valence-electron chi connectivity index (χ1n) is 5.13. The molecule has 0 saturated carbocycles. The maximum Gasteiger partial charge on any atom is 0.169 e. The maximum absolute atomic E-state index is 13.4. The SMILES string of the molecule is CC(Nc1cc(F)c(F)cc1F)c1ccc(Br)o1. The highest BCUT2D eigenvalue weighted by Crippen LogP contribution is 2.26. The van der Waals surface area contributed by atoms with Crippen molar-refractivity contribution in [2.45, 2.75) is 13.0 Å². The van der Waals surface area contributed by atoms with E-state index in [9.17, 15) is 13.2 Å². The minimum Gasteiger partial charge on any atom is -0.452 e. The molecule has 1 unspecified atom stereocenters. The fourth-order valence-corrected chi connectivity index (χ4v) is 1.82. The van der Waals surface area contributed by atoms with Crippen molar-refractivity contribution in [3.05, 3.63) is 52.1 Å². The second-order valence-electron chi connectivity index (χ2n) is 3.75. The standard InChI is InChI=1S/C12H9BrF3NO/c1-6(11-2-3-12(13)18-11)17-10-5-8(15)7(14)4-9(10)16/h2-6,17H,1H3. The molecule has 0 bridgehead atoms. The third-order valence-electron chi connectivity index (χ3n) is 2.40. The van der Waals surface area contributed by atoms with Gasteiger partial charge < -0.3 is 9.73 Å². The smallest absolute Gasteiger partial charge is 0.169 e. The molecule has 18 heavy (non-hydrogen) atoms. The molecule has 0 aliphatic carbocycles. The average Bonchev–Trinajstić information content (AvgIpc) is 2.73. The van der Waals surface area contributed by atoms with Gasteiger partial charge in [-0.2, -0.15) is 0 Å². The molecule has 0 aliphatic heterocycles. The van der Waals surface area contributed by atoms with Crippen molar-refractivity contribution in [3.63, 3.8) is 0 Å². The van der Waals surface area contributed by atoms with Crippen molar-refractivity contribution in [3.8, 4) is 0 Å². The Labute approximate surface area is 110 Å². The summed E-state index contributed by atoms with van der Waals surface area (Å²) in [7, 11) is 0. The third kappa shape index (κ3) is 2.69. The van der Waals surface area contributed by atoms with Crippen LogP contribution >= 0.6 is 15.9 Å². The van der Waals surface area contributed by atoms with Gasteiger partial charge in [0.15, 0.2) is 16.3 Å². The Morgan fingerprint density at radius 2 is 1.78 bits per heavy atom. The molecule has 0 saturated heterocycles. The van der Waals surface area contributed by atoms with Crippen LogP contribution in [0.1, 0.15) is 18.7 Å². The van der Waals surface area contributed by atoms with E-state index >= 15 is 0 Å². The molecule has 96 valence electrons. The molecule has 1 N–H and O–H groups in total. The molecular formula is C12H9BrF3NO. The highest BCUT2D eigenvalue weighted by Gasteiger charge is 2.14. The topological polar surface area (TPSA) is 25.2 Å². The van der Waals surface area contributed by atoms with Crippen LogP contribution in [-0.2, 0) is 0 Å². The summed E-state index contributed by atoms with van der Waals surface area (Å²) in [6.45, 7) is 1.71. The number of furan rings is 1. The van der Waals surface area contributed by atoms with E-state index in [1.54, 1.807) is 19.1 Å². The first kappa shape index (κ1) is 13.0. The summed E-state index contributed by atoms with van der Waals surface area (Å²) in [5.74, 6) is -2.63. The van der Waals surface area contributed by atoms with Gasteiger partial charge in [0.2, 0.25) is 0 Å². The molecule has 0 radical (unpaired) electrons. The minimum atomic E-state index is -1.22. The molecule has 0 fully saturated rings. The van der Waals surface area contributed by atoms with E-state index in [1.807, 2.05) is 0 Å². The Morgan fingerprint density at radius 3 is 2.39 bits per heavy atom. The van der Waals surface area contributed by atoms with Crippen molar-refractivity contribution in [1.29, 1.82) is 0 Å². The van der Waals surface area contributed by atoms with Crippen molar-refractivity contribution >= 4 is 21.6 Å². The number of nitrogens with one attached hydrogen (secondary N) is 1. The van der Waals surface area contributed by atoms with Crippen LogP contribution in [0.3, 0.4) is 0 Å². The molecule has 1 aromatic carbocycles. The molecule has 1 aromatic heterocycles. The summed E-state index contributed by atoms with van der Waals surface area (Å²) < 4.78 is 45.0. The second kappa shape index (κ2) is 5.06. The van der Waals surface area contributed by atoms with Crippen LogP contribution in [-0.4, -0.2) is 0 Å². The van der Waals surface area contributed by atoms with E-state index in [2.05, 4.69) is 21.2 Å². The van der Waals surface area contributed by atoms with E-state index in [4.69, 9.17) is 4.42 Å². The molecule has 1 atom stereocenters. The second-order valence-corrected chi connectivity index (χ2v) is 4.54. The quantitative estimate of drug-likeness (QED) is 0.834. The monoisotopic (exact) mass is 319 g/mol. The lowest BCUT2D eigenvalue weighted by molar-refractivity contribution is 0.468. The largest absolute Gasteiger partial charge is 0.452 e. The highest BCUT2D eigenvalue weighted by molar-refractivity contribution is 9.10. The summed E-state index contributed by atoms with van der Waals surface area (Å²) >= 11 is 3.14. The predicted octanol–water partition coefficient (Wildman–Crippen LogP) is 4.63. The van der Waals surface area contributed by atoms with Crippen LogP contribution < -0.4 is 5.32 Å². The summed E-state index contributed by atoms with van der Waals surface area (Å²) in [5.41, 5.74) is -0.117. The lowest BCUT2D eigenvalue weighted by Gasteiger charge is -2.13. The van der Waals surface area contributed by atoms with Gasteiger partial charge in [-0.3, -0.25) is 0 Å². The van der Waals surface area contributed by atoms with Gasteiger partial charge in [0.25, 0.3) is 0 Å². The number of halogens is 4. The van der Waals surface area contributed by atoms with Crippen molar-refractivity contribution in [2.75, 3.05) is 5.32 Å². The summed E-state index contributed by atoms with van der Waals surface area (Å²) in [6, 6.07) is 4.28. The zero-order chi connectivity index (χ0) is 13.3. The lowest BCUT2D eigenvalue weighted by atomic mass is 10.2. The molecule has 2 nitrogen and oxygen atoms in total. The first-order chi connectivity index (χ1) is 8.47. The van der Waals surface area contributed by atoms with Crippen molar-refractivity contribution in [1.82, 2.24) is 0 Å². The van der Waals surface area contributed by atoms with Crippen LogP contribution in [0.5, 0.6) is 0 Å². The maximum atomic E-state index is 13.4. The Kier molecular flexibility index (Phi) is 3.65. The Bertz CT molecular complexity index is 570. The molecule has 1 heterocycles. The van der Waals surface area contributed by atoms with Gasteiger partial charge in [0.1, 0.15) is 11.6 Å². The van der Waals surface area contributed by atoms with Crippen LogP contribution in [0.25, 0.3) is 0 Å². The molecule has 2 rings (SSSR count). The number of anilines is 1. The van der Waals surface area contributed by atoms with E-state index in [0.717, 1.165) is 6.07 Å². The number of hydrogen-bond donors (Lipinski definition) is 1. The van der Waals surface area contributed by atoms with E-state index < -0.39 is 17.5 Å². The molecule has 0 amide bonds. The van der Waals surface area contributed by atoms with Gasteiger partial charge in [-0.1, -0.05) is 0 Å². The van der Waals surface area contributed by atoms with Crippen molar-refractivity contribution < 1.29 is 17.6 Å². The van der Waals surface area contributed by atoms with Gasteiger partial charge >= 0.3 is 0 Å². The number of hydrogen-bond acceptors (Lipinski definition) is 2. The Hall–Kier alpha value is -1.43. The molecule has 2 aromatic rings. The summed E-state index contributed by atoms with van der Waals surface area (Å²) in [4.78, 5) is 0. The van der Waals surface area contributed by atoms with Crippen LogP contribution in [0.15, 0.2) is 33.4 Å². The zero-order valence-electron chi connectivity index (χ0n) is 9.31. The first-order valence-corrected chi connectivity index (χ1v) is 5.93. The number of benzene rings is 1. The fourth-order valence-electron chi connectivity index (χ4n) is 1.50. The van der Waals surface area contributed by atoms with Gasteiger partial charge in [-0.05, 0) is 35.0 Å². The fraction of sp³-hybridized carbons (Fsp3) is 0.167. The van der Waals surface area contributed by atoms with Crippen LogP contribution in [0, 0.1) is 17.5 Å². The average molecular weight is 320 g/mol. The molecule has 0 aliphatic rings. The lowest BCUT2D eigenvalue weighted by Crippen LogP contribution is -2.08. The van der Waals surface area contributed by atoms with E-state index in [-0.39, 0.29) is 11.7 Å². The highest BCUT2D eigenvalue weighted by atomic mass is 79.9. The third-order valence-corrected chi connectivity index (χ3v) is 2.83. The van der Waals surface area contributed by atoms with Crippen molar-refractivity contribution in [2.24, 2.45) is 0 Å². The van der Waals surface area contributed by atoms with E-state index in [1.165, 1.54) is 0 Å². The van der Waals surface area contributed by atoms with Gasteiger partial charge in [0, 0.05) is 12.1 Å². The van der Waals surface area contributed by atoms with Crippen LogP contribution in [0.4, 0.5) is 18.9 Å². The van der Waals surface area contributed by atoms with Gasteiger partial charge in [-0.25, -0.2) is 13.2 Å². The van der Waals surface area contributed by atoms with Gasteiger partial charge in [-0.15, -0.1) is 0 Å². The molecule has 0 spiro atoms.